The van der Waals surface area contributed by atoms with Crippen molar-refractivity contribution in [2.45, 2.75) is 37.9 Å². The first kappa shape index (κ1) is 10.3. The molecule has 18 heavy (non-hydrogen) atoms. The van der Waals surface area contributed by atoms with Gasteiger partial charge in [0.2, 0.25) is 0 Å². The molecule has 92 valence electrons. The van der Waals surface area contributed by atoms with Crippen LogP contribution in [0.2, 0.25) is 0 Å². The minimum atomic E-state index is 0.581. The maximum Gasteiger partial charge on any atom is 0.0538 e. The third-order valence-corrected chi connectivity index (χ3v) is 4.40. The molecule has 1 fully saturated rings. The zero-order chi connectivity index (χ0) is 11.9. The van der Waals surface area contributed by atoms with E-state index in [1.165, 1.54) is 29.7 Å². The monoisotopic (exact) mass is 239 g/mol. The molecule has 3 nitrogen and oxygen atoms in total. The summed E-state index contributed by atoms with van der Waals surface area (Å²) in [5.74, 6) is 0. The topological polar surface area (TPSA) is 31.9 Å². The first-order chi connectivity index (χ1) is 8.92. The van der Waals surface area contributed by atoms with Crippen molar-refractivity contribution in [1.82, 2.24) is 15.1 Å². The zero-order valence-corrected chi connectivity index (χ0v) is 10.3. The Morgan fingerprint density at radius 3 is 3.00 bits per heavy atom. The van der Waals surface area contributed by atoms with Crippen LogP contribution in [-0.2, 0) is 13.0 Å². The fourth-order valence-electron chi connectivity index (χ4n) is 3.53. The Morgan fingerprint density at radius 1 is 1.22 bits per heavy atom. The van der Waals surface area contributed by atoms with Crippen LogP contribution in [0.1, 0.15) is 35.7 Å². The Balaban J connectivity index is 1.64. The molecule has 3 heterocycles. The van der Waals surface area contributed by atoms with Crippen molar-refractivity contribution in [2.24, 2.45) is 0 Å². The van der Waals surface area contributed by atoms with Crippen LogP contribution >= 0.6 is 0 Å². The number of nitrogens with zero attached hydrogens (tertiary/aromatic N) is 2. The fraction of sp³-hybridized carbons (Fsp3) is 0.400. The molecule has 1 saturated heterocycles. The molecule has 2 aliphatic rings. The molecular formula is C15H17N3. The van der Waals surface area contributed by atoms with E-state index < -0.39 is 0 Å². The molecule has 2 bridgehead atoms. The highest BCUT2D eigenvalue weighted by molar-refractivity contribution is 5.28. The molecule has 1 N–H and O–H groups in total. The van der Waals surface area contributed by atoms with Gasteiger partial charge < -0.3 is 0 Å². The summed E-state index contributed by atoms with van der Waals surface area (Å²) in [6, 6.07) is 12.1. The number of rotatable bonds is 2. The van der Waals surface area contributed by atoms with E-state index in [0.29, 0.717) is 12.1 Å². The van der Waals surface area contributed by atoms with Crippen molar-refractivity contribution in [1.29, 1.82) is 0 Å². The van der Waals surface area contributed by atoms with Crippen LogP contribution in [0.3, 0.4) is 0 Å². The van der Waals surface area contributed by atoms with E-state index in [4.69, 9.17) is 0 Å². The molecule has 1 aromatic heterocycles. The van der Waals surface area contributed by atoms with Gasteiger partial charge in [-0.15, -0.1) is 0 Å². The summed E-state index contributed by atoms with van der Waals surface area (Å²) < 4.78 is 0. The van der Waals surface area contributed by atoms with Crippen molar-refractivity contribution in [3.63, 3.8) is 0 Å². The van der Waals surface area contributed by atoms with Gasteiger partial charge in [-0.3, -0.25) is 10.00 Å². The van der Waals surface area contributed by atoms with Gasteiger partial charge in [-0.25, -0.2) is 0 Å². The van der Waals surface area contributed by atoms with Gasteiger partial charge in [-0.1, -0.05) is 30.3 Å². The Bertz CT molecular complexity index is 546. The van der Waals surface area contributed by atoms with Gasteiger partial charge in [0, 0.05) is 36.3 Å². The Hall–Kier alpha value is -1.61. The molecule has 0 saturated carbocycles. The Kier molecular flexibility index (Phi) is 2.27. The first-order valence-electron chi connectivity index (χ1n) is 6.73. The molecule has 3 heteroatoms. The van der Waals surface area contributed by atoms with Crippen LogP contribution in [0.4, 0.5) is 0 Å². The summed E-state index contributed by atoms with van der Waals surface area (Å²) in [4.78, 5) is 2.66. The predicted molar refractivity (Wildman–Crippen MR) is 70.0 cm³/mol. The Morgan fingerprint density at radius 2 is 2.11 bits per heavy atom. The molecule has 2 atom stereocenters. The number of benzene rings is 1. The molecular weight excluding hydrogens is 222 g/mol. The van der Waals surface area contributed by atoms with Crippen molar-refractivity contribution < 1.29 is 0 Å². The average molecular weight is 239 g/mol. The van der Waals surface area contributed by atoms with Crippen LogP contribution in [0, 0.1) is 0 Å². The minimum Gasteiger partial charge on any atom is -0.289 e. The highest BCUT2D eigenvalue weighted by atomic mass is 15.2. The molecule has 2 aromatic rings. The standard InChI is InChI=1S/C15H17N3/c1-2-4-11(5-3-1)10-18-12-6-7-15(18)13-9-16-17-14(13)8-12/h1-5,9,12,15H,6-8,10H2,(H,16,17)/t12-,15+/m0/s1. The van der Waals surface area contributed by atoms with Crippen LogP contribution in [0.5, 0.6) is 0 Å². The van der Waals surface area contributed by atoms with E-state index >= 15 is 0 Å². The number of fused-ring (bicyclic) bond motifs is 4. The van der Waals surface area contributed by atoms with Crippen molar-refractivity contribution in [3.05, 3.63) is 53.3 Å². The average Bonchev–Trinajstić information content (AvgIpc) is 2.97. The van der Waals surface area contributed by atoms with Crippen LogP contribution in [-0.4, -0.2) is 21.1 Å². The zero-order valence-electron chi connectivity index (χ0n) is 10.3. The summed E-state index contributed by atoms with van der Waals surface area (Å²) in [5.41, 5.74) is 4.22. The fourth-order valence-corrected chi connectivity index (χ4v) is 3.53. The highest BCUT2D eigenvalue weighted by Gasteiger charge is 2.40. The molecule has 0 unspecified atom stereocenters. The number of hydrogen-bond acceptors (Lipinski definition) is 2. The van der Waals surface area contributed by atoms with Gasteiger partial charge in [0.25, 0.3) is 0 Å². The van der Waals surface area contributed by atoms with E-state index in [-0.39, 0.29) is 0 Å². The number of hydrogen-bond donors (Lipinski definition) is 1. The number of aromatic amines is 1. The van der Waals surface area contributed by atoms with E-state index in [1.807, 2.05) is 6.20 Å². The minimum absolute atomic E-state index is 0.581. The van der Waals surface area contributed by atoms with E-state index in [1.54, 1.807) is 0 Å². The lowest BCUT2D eigenvalue weighted by atomic mass is 9.99. The summed E-state index contributed by atoms with van der Waals surface area (Å²) >= 11 is 0. The van der Waals surface area contributed by atoms with Crippen LogP contribution in [0.25, 0.3) is 0 Å². The largest absolute Gasteiger partial charge is 0.289 e. The molecule has 4 rings (SSSR count). The maximum absolute atomic E-state index is 4.21. The summed E-state index contributed by atoms with van der Waals surface area (Å²) in [6.45, 7) is 1.07. The maximum atomic E-state index is 4.21. The number of nitrogens with one attached hydrogen (secondary N) is 1. The molecule has 0 spiro atoms. The SMILES string of the molecule is c1ccc(CN2[C@H]3CC[C@@H]2c2cn[nH]c2C3)cc1. The summed E-state index contributed by atoms with van der Waals surface area (Å²) in [6.07, 6.45) is 5.77. The van der Waals surface area contributed by atoms with Crippen molar-refractivity contribution >= 4 is 0 Å². The number of H-pyrrole nitrogens is 1. The lowest BCUT2D eigenvalue weighted by molar-refractivity contribution is 0.168. The lowest BCUT2D eigenvalue weighted by Gasteiger charge is -2.34. The van der Waals surface area contributed by atoms with Crippen molar-refractivity contribution in [3.8, 4) is 0 Å². The lowest BCUT2D eigenvalue weighted by Crippen LogP contribution is -2.36. The quantitative estimate of drug-likeness (QED) is 0.873. The Labute approximate surface area is 107 Å². The van der Waals surface area contributed by atoms with Gasteiger partial charge in [0.15, 0.2) is 0 Å². The van der Waals surface area contributed by atoms with E-state index in [9.17, 15) is 0 Å². The van der Waals surface area contributed by atoms with Gasteiger partial charge in [-0.2, -0.15) is 5.10 Å². The first-order valence-corrected chi connectivity index (χ1v) is 6.73. The molecule has 0 radical (unpaired) electrons. The second-order valence-electron chi connectivity index (χ2n) is 5.41. The molecule has 0 amide bonds. The van der Waals surface area contributed by atoms with Crippen LogP contribution < -0.4 is 0 Å². The predicted octanol–water partition coefficient (Wildman–Crippen LogP) is 2.67. The van der Waals surface area contributed by atoms with Gasteiger partial charge in [-0.05, 0) is 18.4 Å². The number of aromatic nitrogens is 2. The second kappa shape index (κ2) is 3.95. The van der Waals surface area contributed by atoms with Crippen molar-refractivity contribution in [2.75, 3.05) is 0 Å². The normalized spacial score (nSPS) is 26.2. The van der Waals surface area contributed by atoms with Gasteiger partial charge >= 0.3 is 0 Å². The third kappa shape index (κ3) is 1.51. The molecule has 2 aliphatic heterocycles. The summed E-state index contributed by atoms with van der Waals surface area (Å²) in [7, 11) is 0. The third-order valence-electron chi connectivity index (χ3n) is 4.40. The molecule has 0 aliphatic carbocycles. The highest BCUT2D eigenvalue weighted by Crippen LogP contribution is 2.43. The van der Waals surface area contributed by atoms with Gasteiger partial charge in [0.1, 0.15) is 0 Å². The van der Waals surface area contributed by atoms with Gasteiger partial charge in [0.05, 0.1) is 6.20 Å². The van der Waals surface area contributed by atoms with E-state index in [0.717, 1.165) is 13.0 Å². The summed E-state index contributed by atoms with van der Waals surface area (Å²) in [5, 5.41) is 7.38. The smallest absolute Gasteiger partial charge is 0.0538 e. The second-order valence-corrected chi connectivity index (χ2v) is 5.41. The van der Waals surface area contributed by atoms with E-state index in [2.05, 4.69) is 45.4 Å². The molecule has 1 aromatic carbocycles. The van der Waals surface area contributed by atoms with Crippen LogP contribution in [0.15, 0.2) is 36.5 Å².